The lowest BCUT2D eigenvalue weighted by molar-refractivity contribution is 0.0783. The Bertz CT molecular complexity index is 740. The molecule has 1 aromatic heterocycles. The number of hydrogen-bond donors (Lipinski definition) is 0. The molecule has 25 heavy (non-hydrogen) atoms. The Hall–Kier alpha value is -1.43. The number of halogens is 1. The van der Waals surface area contributed by atoms with Gasteiger partial charge in [-0.1, -0.05) is 31.5 Å². The first kappa shape index (κ1) is 19.9. The van der Waals surface area contributed by atoms with E-state index in [0.29, 0.717) is 16.4 Å². The molecule has 0 unspecified atom stereocenters. The summed E-state index contributed by atoms with van der Waals surface area (Å²) >= 11 is 7.49. The van der Waals surface area contributed by atoms with Crippen LogP contribution in [0.3, 0.4) is 0 Å². The molecule has 0 atom stereocenters. The summed E-state index contributed by atoms with van der Waals surface area (Å²) in [6.07, 6.45) is 0. The second kappa shape index (κ2) is 8.79. The molecule has 0 bridgehead atoms. The van der Waals surface area contributed by atoms with Gasteiger partial charge in [-0.2, -0.15) is 0 Å². The summed E-state index contributed by atoms with van der Waals surface area (Å²) in [6, 6.07) is 5.75. The largest absolute Gasteiger partial charge is 0.340 e. The summed E-state index contributed by atoms with van der Waals surface area (Å²) in [7, 11) is 1.86. The van der Waals surface area contributed by atoms with E-state index in [1.54, 1.807) is 4.90 Å². The van der Waals surface area contributed by atoms with Crippen molar-refractivity contribution in [2.24, 2.45) is 0 Å². The van der Waals surface area contributed by atoms with Crippen LogP contribution in [0.2, 0.25) is 5.02 Å². The molecule has 0 aliphatic carbocycles. The summed E-state index contributed by atoms with van der Waals surface area (Å²) in [4.78, 5) is 22.2. The number of carbonyl (C=O) groups is 1. The summed E-state index contributed by atoms with van der Waals surface area (Å²) in [6.45, 7) is 11.8. The molecule has 0 spiro atoms. The lowest BCUT2D eigenvalue weighted by atomic mass is 10.1. The molecule has 0 saturated carbocycles. The fraction of sp³-hybridized carbons (Fsp3) is 0.474. The molecule has 6 heteroatoms. The van der Waals surface area contributed by atoms with E-state index in [1.807, 2.05) is 39.1 Å². The molecular weight excluding hydrogens is 354 g/mol. The van der Waals surface area contributed by atoms with E-state index in [9.17, 15) is 4.79 Å². The number of likely N-dealkylation sites (N-methyl/N-ethyl adjacent to an activating group) is 2. The number of aromatic nitrogens is 1. The van der Waals surface area contributed by atoms with Gasteiger partial charge in [0.25, 0.3) is 5.91 Å². The summed E-state index contributed by atoms with van der Waals surface area (Å²) < 4.78 is 0. The highest BCUT2D eigenvalue weighted by Gasteiger charge is 2.20. The first-order chi connectivity index (χ1) is 11.9. The molecule has 1 heterocycles. The van der Waals surface area contributed by atoms with Crippen LogP contribution in [0.4, 0.5) is 0 Å². The maximum atomic E-state index is 12.8. The number of rotatable bonds is 7. The Morgan fingerprint density at radius 2 is 1.88 bits per heavy atom. The molecule has 1 aromatic carbocycles. The molecular formula is C19H26ClN3OS. The van der Waals surface area contributed by atoms with E-state index >= 15 is 0 Å². The van der Waals surface area contributed by atoms with Gasteiger partial charge in [-0.05, 0) is 44.6 Å². The molecule has 0 radical (unpaired) electrons. The van der Waals surface area contributed by atoms with E-state index in [-0.39, 0.29) is 5.91 Å². The normalized spacial score (nSPS) is 11.2. The van der Waals surface area contributed by atoms with E-state index < -0.39 is 0 Å². The highest BCUT2D eigenvalue weighted by molar-refractivity contribution is 7.17. The van der Waals surface area contributed by atoms with Crippen molar-refractivity contribution in [2.45, 2.75) is 27.7 Å². The molecule has 2 aromatic rings. The number of carbonyl (C=O) groups excluding carboxylic acids is 1. The maximum Gasteiger partial charge on any atom is 0.265 e. The predicted molar refractivity (Wildman–Crippen MR) is 107 cm³/mol. The number of hydrogen-bond acceptors (Lipinski definition) is 4. The minimum absolute atomic E-state index is 0.0417. The molecule has 4 nitrogen and oxygen atoms in total. The van der Waals surface area contributed by atoms with Crippen molar-refractivity contribution < 1.29 is 4.79 Å². The second-order valence-corrected chi connectivity index (χ2v) is 7.58. The van der Waals surface area contributed by atoms with Crippen molar-refractivity contribution in [3.63, 3.8) is 0 Å². The van der Waals surface area contributed by atoms with Crippen molar-refractivity contribution in [3.8, 4) is 10.6 Å². The Morgan fingerprint density at radius 1 is 1.20 bits per heavy atom. The van der Waals surface area contributed by atoms with Gasteiger partial charge in [-0.25, -0.2) is 4.98 Å². The van der Waals surface area contributed by atoms with Crippen LogP contribution < -0.4 is 0 Å². The van der Waals surface area contributed by atoms with Crippen LogP contribution in [0.5, 0.6) is 0 Å². The number of benzene rings is 1. The average molecular weight is 380 g/mol. The van der Waals surface area contributed by atoms with Gasteiger partial charge >= 0.3 is 0 Å². The van der Waals surface area contributed by atoms with Crippen molar-refractivity contribution in [3.05, 3.63) is 39.4 Å². The van der Waals surface area contributed by atoms with Crippen LogP contribution in [0.15, 0.2) is 18.2 Å². The molecule has 136 valence electrons. The van der Waals surface area contributed by atoms with Crippen LogP contribution in [0.1, 0.15) is 34.8 Å². The van der Waals surface area contributed by atoms with Gasteiger partial charge in [0.15, 0.2) is 0 Å². The Kier molecular flexibility index (Phi) is 6.99. The van der Waals surface area contributed by atoms with Crippen LogP contribution in [0, 0.1) is 13.8 Å². The molecule has 0 aliphatic rings. The van der Waals surface area contributed by atoms with Crippen molar-refractivity contribution in [1.82, 2.24) is 14.8 Å². The maximum absolute atomic E-state index is 12.8. The van der Waals surface area contributed by atoms with Crippen LogP contribution in [-0.2, 0) is 0 Å². The predicted octanol–water partition coefficient (Wildman–Crippen LogP) is 4.49. The van der Waals surface area contributed by atoms with Gasteiger partial charge in [0.2, 0.25) is 0 Å². The van der Waals surface area contributed by atoms with Crippen molar-refractivity contribution in [2.75, 3.05) is 33.2 Å². The molecule has 2 rings (SSSR count). The quantitative estimate of drug-likeness (QED) is 0.710. The molecule has 0 N–H and O–H groups in total. The zero-order chi connectivity index (χ0) is 18.6. The zero-order valence-corrected chi connectivity index (χ0v) is 17.2. The number of amides is 1. The van der Waals surface area contributed by atoms with E-state index in [2.05, 4.69) is 23.7 Å². The highest BCUT2D eigenvalue weighted by atomic mass is 35.5. The third-order valence-corrected chi connectivity index (χ3v) is 5.82. The van der Waals surface area contributed by atoms with Gasteiger partial charge in [-0.15, -0.1) is 11.3 Å². The van der Waals surface area contributed by atoms with Crippen LogP contribution in [0.25, 0.3) is 10.6 Å². The van der Waals surface area contributed by atoms with Crippen molar-refractivity contribution >= 4 is 28.8 Å². The van der Waals surface area contributed by atoms with Gasteiger partial charge in [0, 0.05) is 30.7 Å². The minimum Gasteiger partial charge on any atom is -0.340 e. The smallest absolute Gasteiger partial charge is 0.265 e. The first-order valence-corrected chi connectivity index (χ1v) is 9.78. The summed E-state index contributed by atoms with van der Waals surface area (Å²) in [5, 5.41) is 1.58. The fourth-order valence-corrected chi connectivity index (χ4v) is 4.06. The number of thiazole rings is 1. The monoisotopic (exact) mass is 379 g/mol. The topological polar surface area (TPSA) is 36.4 Å². The lowest BCUT2D eigenvalue weighted by Gasteiger charge is -2.22. The SMILES string of the molecule is CCN(CC)CCN(C)C(=O)c1sc(-c2ccc(Cl)cc2C)nc1C. The Morgan fingerprint density at radius 3 is 2.48 bits per heavy atom. The minimum atomic E-state index is 0.0417. The van der Waals surface area contributed by atoms with Crippen molar-refractivity contribution in [1.29, 1.82) is 0 Å². The molecule has 0 fully saturated rings. The Balaban J connectivity index is 2.17. The number of aryl methyl sites for hydroxylation is 2. The third-order valence-electron chi connectivity index (χ3n) is 4.40. The molecule has 0 saturated heterocycles. The summed E-state index contributed by atoms with van der Waals surface area (Å²) in [5.41, 5.74) is 2.88. The fourth-order valence-electron chi connectivity index (χ4n) is 2.68. The van der Waals surface area contributed by atoms with Gasteiger partial charge in [0.1, 0.15) is 9.88 Å². The molecule has 0 aliphatic heterocycles. The van der Waals surface area contributed by atoms with Gasteiger partial charge in [0.05, 0.1) is 5.69 Å². The van der Waals surface area contributed by atoms with E-state index in [1.165, 1.54) is 11.3 Å². The average Bonchev–Trinajstić information content (AvgIpc) is 2.96. The lowest BCUT2D eigenvalue weighted by Crippen LogP contribution is -2.36. The Labute approximate surface area is 159 Å². The number of nitrogens with zero attached hydrogens (tertiary/aromatic N) is 3. The van der Waals surface area contributed by atoms with Gasteiger partial charge in [-0.3, -0.25) is 4.79 Å². The standard InChI is InChI=1S/C19H26ClN3OS/c1-6-23(7-2)11-10-22(5)19(24)17-14(4)21-18(25-17)16-9-8-15(20)12-13(16)3/h8-9,12H,6-7,10-11H2,1-5H3. The third kappa shape index (κ3) is 4.81. The van der Waals surface area contributed by atoms with E-state index in [0.717, 1.165) is 41.5 Å². The first-order valence-electron chi connectivity index (χ1n) is 8.59. The second-order valence-electron chi connectivity index (χ2n) is 6.15. The zero-order valence-electron chi connectivity index (χ0n) is 15.6. The molecule has 1 amide bonds. The van der Waals surface area contributed by atoms with E-state index in [4.69, 9.17) is 11.6 Å². The highest BCUT2D eigenvalue weighted by Crippen LogP contribution is 2.32. The summed E-state index contributed by atoms with van der Waals surface area (Å²) in [5.74, 6) is 0.0417. The van der Waals surface area contributed by atoms with Gasteiger partial charge < -0.3 is 9.80 Å². The van der Waals surface area contributed by atoms with Crippen LogP contribution in [-0.4, -0.2) is 53.9 Å². The van der Waals surface area contributed by atoms with Crippen LogP contribution >= 0.6 is 22.9 Å².